The second-order valence-electron chi connectivity index (χ2n) is 8.73. The van der Waals surface area contributed by atoms with E-state index in [1.165, 1.54) is 0 Å². The van der Waals surface area contributed by atoms with Crippen molar-refractivity contribution in [3.8, 4) is 0 Å². The van der Waals surface area contributed by atoms with Crippen LogP contribution in [0.4, 0.5) is 4.79 Å². The van der Waals surface area contributed by atoms with Crippen molar-refractivity contribution in [2.75, 3.05) is 52.4 Å². The number of piperazine rings is 1. The highest BCUT2D eigenvalue weighted by Crippen LogP contribution is 2.37. The standard InChI is InChI=1S/C21H37N5O3/c1-3-17-6-8-21(9-7-17)19(28)26(20(29)23-21)16-18(27)22-10-5-11-25-14-12-24(4-2)13-15-25/h17H,3-16H2,1-2H3,(H,22,27)(H,23,29). The molecule has 0 radical (unpaired) electrons. The number of likely N-dealkylation sites (N-methyl/N-ethyl adjacent to an activating group) is 1. The van der Waals surface area contributed by atoms with Crippen molar-refractivity contribution >= 4 is 17.8 Å². The van der Waals surface area contributed by atoms with Crippen LogP contribution >= 0.6 is 0 Å². The summed E-state index contributed by atoms with van der Waals surface area (Å²) in [5.41, 5.74) is -0.774. The maximum atomic E-state index is 12.9. The van der Waals surface area contributed by atoms with E-state index in [-0.39, 0.29) is 18.4 Å². The molecular formula is C21H37N5O3. The van der Waals surface area contributed by atoms with Gasteiger partial charge in [0.2, 0.25) is 5.91 Å². The van der Waals surface area contributed by atoms with Gasteiger partial charge >= 0.3 is 6.03 Å². The number of urea groups is 1. The largest absolute Gasteiger partial charge is 0.354 e. The van der Waals surface area contributed by atoms with Gasteiger partial charge in [-0.1, -0.05) is 20.3 Å². The quantitative estimate of drug-likeness (QED) is 0.464. The van der Waals surface area contributed by atoms with Crippen LogP contribution in [0.2, 0.25) is 0 Å². The first-order valence-electron chi connectivity index (χ1n) is 11.3. The molecule has 3 rings (SSSR count). The van der Waals surface area contributed by atoms with E-state index in [9.17, 15) is 14.4 Å². The fourth-order valence-electron chi connectivity index (χ4n) is 4.80. The second kappa shape index (κ2) is 9.89. The molecule has 164 valence electrons. The Morgan fingerprint density at radius 2 is 1.76 bits per heavy atom. The maximum absolute atomic E-state index is 12.9. The molecule has 0 unspecified atom stereocenters. The van der Waals surface area contributed by atoms with E-state index in [1.807, 2.05) is 0 Å². The summed E-state index contributed by atoms with van der Waals surface area (Å²) in [6.07, 6.45) is 5.25. The normalized spacial score (nSPS) is 28.8. The molecule has 0 aromatic carbocycles. The zero-order valence-corrected chi connectivity index (χ0v) is 18.0. The van der Waals surface area contributed by atoms with Crippen molar-refractivity contribution < 1.29 is 14.4 Å². The summed E-state index contributed by atoms with van der Waals surface area (Å²) in [5, 5.41) is 5.75. The van der Waals surface area contributed by atoms with Gasteiger partial charge in [-0.3, -0.25) is 14.5 Å². The summed E-state index contributed by atoms with van der Waals surface area (Å²) in [6, 6.07) is -0.422. The van der Waals surface area contributed by atoms with Gasteiger partial charge in [0.25, 0.3) is 5.91 Å². The Hall–Kier alpha value is -1.67. The van der Waals surface area contributed by atoms with Crippen LogP contribution in [-0.4, -0.2) is 90.4 Å². The lowest BCUT2D eigenvalue weighted by molar-refractivity contribution is -0.136. The number of rotatable bonds is 8. The number of hydrogen-bond acceptors (Lipinski definition) is 5. The summed E-state index contributed by atoms with van der Waals surface area (Å²) >= 11 is 0. The zero-order valence-electron chi connectivity index (χ0n) is 18.0. The fraction of sp³-hybridized carbons (Fsp3) is 0.857. The number of carbonyl (C=O) groups is 3. The van der Waals surface area contributed by atoms with E-state index in [1.54, 1.807) is 0 Å². The summed E-state index contributed by atoms with van der Waals surface area (Å²) in [7, 11) is 0. The molecule has 2 aliphatic heterocycles. The third kappa shape index (κ3) is 5.28. The van der Waals surface area contributed by atoms with Gasteiger partial charge in [0, 0.05) is 32.7 Å². The van der Waals surface area contributed by atoms with Gasteiger partial charge in [-0.2, -0.15) is 0 Å². The minimum atomic E-state index is -0.774. The highest BCUT2D eigenvalue weighted by Gasteiger charge is 2.52. The molecule has 2 saturated heterocycles. The summed E-state index contributed by atoms with van der Waals surface area (Å²) in [6.45, 7) is 11.2. The minimum absolute atomic E-state index is 0.182. The number of amides is 4. The van der Waals surface area contributed by atoms with E-state index in [0.29, 0.717) is 25.3 Å². The molecule has 4 amide bonds. The molecular weight excluding hydrogens is 370 g/mol. The fourth-order valence-corrected chi connectivity index (χ4v) is 4.80. The van der Waals surface area contributed by atoms with Crippen LogP contribution in [-0.2, 0) is 9.59 Å². The average molecular weight is 408 g/mol. The molecule has 8 heteroatoms. The van der Waals surface area contributed by atoms with Crippen molar-refractivity contribution in [3.63, 3.8) is 0 Å². The highest BCUT2D eigenvalue weighted by atomic mass is 16.2. The van der Waals surface area contributed by atoms with Crippen LogP contribution in [0.1, 0.15) is 52.4 Å². The van der Waals surface area contributed by atoms with Gasteiger partial charge in [0.1, 0.15) is 12.1 Å². The first-order valence-corrected chi connectivity index (χ1v) is 11.3. The predicted octanol–water partition coefficient (Wildman–Crippen LogP) is 1.02. The Labute approximate surface area is 174 Å². The number of hydrogen-bond donors (Lipinski definition) is 2. The molecule has 0 aromatic rings. The molecule has 3 fully saturated rings. The molecule has 2 N–H and O–H groups in total. The lowest BCUT2D eigenvalue weighted by Crippen LogP contribution is -2.50. The lowest BCUT2D eigenvalue weighted by atomic mass is 9.75. The Morgan fingerprint density at radius 3 is 2.38 bits per heavy atom. The monoisotopic (exact) mass is 407 g/mol. The number of nitrogens with one attached hydrogen (secondary N) is 2. The van der Waals surface area contributed by atoms with Crippen LogP contribution in [0.15, 0.2) is 0 Å². The molecule has 2 heterocycles. The SMILES string of the molecule is CCC1CCC2(CC1)NC(=O)N(CC(=O)NCCCN1CCN(CC)CC1)C2=O. The average Bonchev–Trinajstić information content (AvgIpc) is 2.96. The van der Waals surface area contributed by atoms with Crippen molar-refractivity contribution in [1.82, 2.24) is 25.3 Å². The van der Waals surface area contributed by atoms with Crippen molar-refractivity contribution in [3.05, 3.63) is 0 Å². The van der Waals surface area contributed by atoms with Gasteiger partial charge in [-0.15, -0.1) is 0 Å². The summed E-state index contributed by atoms with van der Waals surface area (Å²) in [5.74, 6) is 0.150. The van der Waals surface area contributed by atoms with Crippen LogP contribution in [0, 0.1) is 5.92 Å². The predicted molar refractivity (Wildman–Crippen MR) is 111 cm³/mol. The Balaban J connectivity index is 1.37. The van der Waals surface area contributed by atoms with Crippen LogP contribution in [0.3, 0.4) is 0 Å². The summed E-state index contributed by atoms with van der Waals surface area (Å²) < 4.78 is 0. The van der Waals surface area contributed by atoms with E-state index in [4.69, 9.17) is 0 Å². The third-order valence-corrected chi connectivity index (χ3v) is 6.97. The molecule has 0 aromatic heterocycles. The molecule has 29 heavy (non-hydrogen) atoms. The number of imide groups is 1. The first-order chi connectivity index (χ1) is 14.0. The number of carbonyl (C=O) groups excluding carboxylic acids is 3. The Morgan fingerprint density at radius 1 is 1.10 bits per heavy atom. The molecule has 8 nitrogen and oxygen atoms in total. The molecule has 0 atom stereocenters. The van der Waals surface area contributed by atoms with Gasteiger partial charge in [0.15, 0.2) is 0 Å². The highest BCUT2D eigenvalue weighted by molar-refractivity contribution is 6.09. The molecule has 1 aliphatic carbocycles. The van der Waals surface area contributed by atoms with Crippen LogP contribution in [0.5, 0.6) is 0 Å². The van der Waals surface area contributed by atoms with Gasteiger partial charge in [0.05, 0.1) is 0 Å². The molecule has 3 aliphatic rings. The van der Waals surface area contributed by atoms with Gasteiger partial charge in [-0.05, 0) is 51.1 Å². The van der Waals surface area contributed by atoms with Crippen LogP contribution < -0.4 is 10.6 Å². The second-order valence-corrected chi connectivity index (χ2v) is 8.73. The zero-order chi connectivity index (χ0) is 20.9. The number of nitrogens with zero attached hydrogens (tertiary/aromatic N) is 3. The Bertz CT molecular complexity index is 595. The van der Waals surface area contributed by atoms with Crippen molar-refractivity contribution in [2.45, 2.75) is 57.9 Å². The minimum Gasteiger partial charge on any atom is -0.354 e. The van der Waals surface area contributed by atoms with E-state index >= 15 is 0 Å². The topological polar surface area (TPSA) is 85.0 Å². The van der Waals surface area contributed by atoms with E-state index in [0.717, 1.165) is 69.9 Å². The van der Waals surface area contributed by atoms with E-state index < -0.39 is 11.6 Å². The molecule has 1 saturated carbocycles. The maximum Gasteiger partial charge on any atom is 0.325 e. The first kappa shape index (κ1) is 22.0. The van der Waals surface area contributed by atoms with Crippen molar-refractivity contribution in [2.24, 2.45) is 5.92 Å². The molecule has 1 spiro atoms. The Kier molecular flexibility index (Phi) is 7.51. The lowest BCUT2D eigenvalue weighted by Gasteiger charge is -2.34. The van der Waals surface area contributed by atoms with Crippen molar-refractivity contribution in [1.29, 1.82) is 0 Å². The van der Waals surface area contributed by atoms with Gasteiger partial charge < -0.3 is 20.4 Å². The molecule has 0 bridgehead atoms. The summed E-state index contributed by atoms with van der Waals surface area (Å²) in [4.78, 5) is 43.5. The third-order valence-electron chi connectivity index (χ3n) is 6.97. The van der Waals surface area contributed by atoms with Gasteiger partial charge in [-0.25, -0.2) is 4.79 Å². The smallest absolute Gasteiger partial charge is 0.325 e. The van der Waals surface area contributed by atoms with E-state index in [2.05, 4.69) is 34.3 Å². The van der Waals surface area contributed by atoms with Crippen LogP contribution in [0.25, 0.3) is 0 Å².